The van der Waals surface area contributed by atoms with Crippen LogP contribution in [0.4, 0.5) is 0 Å². The van der Waals surface area contributed by atoms with Crippen molar-refractivity contribution in [2.75, 3.05) is 56.1 Å². The monoisotopic (exact) mass is 962 g/mol. The smallest absolute Gasteiger partial charge is 0.331 e. The number of aliphatic hydroxyl groups is 2. The maximum absolute atomic E-state index is 13.5. The van der Waals surface area contributed by atoms with E-state index in [4.69, 9.17) is 28.4 Å². The number of ether oxygens (including phenoxy) is 6. The third-order valence-corrected chi connectivity index (χ3v) is 13.5. The van der Waals surface area contributed by atoms with Crippen LogP contribution in [0, 0.1) is 35.5 Å². The molecule has 3 N–H and O–H groups in total. The van der Waals surface area contributed by atoms with Crippen LogP contribution in [0.25, 0.3) is 0 Å². The molecule has 0 aromatic heterocycles. The van der Waals surface area contributed by atoms with E-state index in [0.717, 1.165) is 18.4 Å². The van der Waals surface area contributed by atoms with Crippen LogP contribution < -0.4 is 5.32 Å². The van der Waals surface area contributed by atoms with Gasteiger partial charge in [-0.3, -0.25) is 19.3 Å². The average Bonchev–Trinajstić information content (AvgIpc) is 3.32. The topological polar surface area (TPSA) is 183 Å². The Bertz CT molecular complexity index is 1620. The molecule has 0 bridgehead atoms. The highest BCUT2D eigenvalue weighted by Gasteiger charge is 2.34. The quantitative estimate of drug-likeness (QED) is 0.0500. The van der Waals surface area contributed by atoms with Crippen LogP contribution in [0.1, 0.15) is 107 Å². The highest BCUT2D eigenvalue weighted by atomic mass is 16.6. The fourth-order valence-electron chi connectivity index (χ4n) is 8.22. The van der Waals surface area contributed by atoms with Gasteiger partial charge < -0.3 is 48.9 Å². The van der Waals surface area contributed by atoms with Gasteiger partial charge in [0.15, 0.2) is 0 Å². The SMILES string of the molecule is CN[C@@H](C)C(=O)O[C@H](CC[C@H](C)[C@H](O)C(C)[C@@H]1C/C=C/[C@H](OC)C[C@H](C)C/C=C(\C)C(OC)CC[C@@H](C)[C@@H](O)[C@H](C)C(OC(=O)[C@H](COC)N(C)C)C/C=C/C=C/C(=O)O1)[C@@H](C)/C=C/N(C)C=O. The second-order valence-electron chi connectivity index (χ2n) is 19.4. The maximum Gasteiger partial charge on any atom is 0.331 e. The number of nitrogens with one attached hydrogen (secondary N) is 1. The second-order valence-corrected chi connectivity index (χ2v) is 19.4. The summed E-state index contributed by atoms with van der Waals surface area (Å²) in [5, 5.41) is 26.4. The van der Waals surface area contributed by atoms with E-state index in [1.807, 2.05) is 52.8 Å². The molecule has 3 unspecified atom stereocenters. The van der Waals surface area contributed by atoms with Gasteiger partial charge in [0.05, 0.1) is 31.0 Å². The van der Waals surface area contributed by atoms with Gasteiger partial charge in [-0.05, 0) is 96.8 Å². The van der Waals surface area contributed by atoms with Crippen molar-refractivity contribution >= 4 is 24.3 Å². The first-order valence-corrected chi connectivity index (χ1v) is 24.5. The Morgan fingerprint density at radius 1 is 0.956 bits per heavy atom. The van der Waals surface area contributed by atoms with E-state index in [0.29, 0.717) is 38.5 Å². The Morgan fingerprint density at radius 3 is 2.25 bits per heavy atom. The molecule has 15 nitrogen and oxygen atoms in total. The molecule has 390 valence electrons. The number of amides is 1. The first-order chi connectivity index (χ1) is 32.1. The number of hydrogen-bond acceptors (Lipinski definition) is 14. The number of nitrogens with zero attached hydrogens (tertiary/aromatic N) is 2. The summed E-state index contributed by atoms with van der Waals surface area (Å²) in [4.78, 5) is 54.1. The molecular formula is C53H91N3O12. The predicted molar refractivity (Wildman–Crippen MR) is 267 cm³/mol. The molecule has 15 atom stereocenters. The predicted octanol–water partition coefficient (Wildman–Crippen LogP) is 6.83. The van der Waals surface area contributed by atoms with E-state index < -0.39 is 72.3 Å². The molecule has 1 amide bonds. The number of hydrogen-bond donors (Lipinski definition) is 3. The summed E-state index contributed by atoms with van der Waals surface area (Å²) >= 11 is 0. The summed E-state index contributed by atoms with van der Waals surface area (Å²) in [5.74, 6) is -2.75. The molecule has 0 spiro atoms. The molecule has 1 aliphatic heterocycles. The second kappa shape index (κ2) is 33.8. The minimum atomic E-state index is -0.892. The lowest BCUT2D eigenvalue weighted by Gasteiger charge is -2.33. The summed E-state index contributed by atoms with van der Waals surface area (Å²) in [5.41, 5.74) is 1.12. The molecule has 1 heterocycles. The third kappa shape index (κ3) is 22.8. The maximum atomic E-state index is 13.5. The summed E-state index contributed by atoms with van der Waals surface area (Å²) in [6.45, 7) is 15.7. The number of cyclic esters (lactones) is 1. The van der Waals surface area contributed by atoms with Crippen molar-refractivity contribution < 1.29 is 57.8 Å². The molecule has 0 saturated heterocycles. The van der Waals surface area contributed by atoms with Gasteiger partial charge in [0, 0.05) is 71.2 Å². The summed E-state index contributed by atoms with van der Waals surface area (Å²) < 4.78 is 35.2. The van der Waals surface area contributed by atoms with Crippen LogP contribution in [0.3, 0.4) is 0 Å². The van der Waals surface area contributed by atoms with Gasteiger partial charge in [0.2, 0.25) is 6.41 Å². The zero-order chi connectivity index (χ0) is 51.5. The first kappa shape index (κ1) is 62.3. The lowest BCUT2D eigenvalue weighted by Crippen LogP contribution is -2.44. The number of likely N-dealkylation sites (N-methyl/N-ethyl adjacent to an activating group) is 2. The zero-order valence-corrected chi connectivity index (χ0v) is 44.2. The molecule has 1 rings (SSSR count). The van der Waals surface area contributed by atoms with Crippen molar-refractivity contribution in [2.24, 2.45) is 35.5 Å². The van der Waals surface area contributed by atoms with Gasteiger partial charge >= 0.3 is 17.9 Å². The fourth-order valence-corrected chi connectivity index (χ4v) is 8.22. The Kier molecular flexibility index (Phi) is 30.9. The zero-order valence-electron chi connectivity index (χ0n) is 44.2. The summed E-state index contributed by atoms with van der Waals surface area (Å²) in [7, 11) is 11.8. The Balaban J connectivity index is 3.57. The van der Waals surface area contributed by atoms with Gasteiger partial charge in [-0.15, -0.1) is 0 Å². The average molecular weight is 962 g/mol. The van der Waals surface area contributed by atoms with E-state index in [-0.39, 0.29) is 48.9 Å². The number of rotatable bonds is 20. The number of esters is 3. The van der Waals surface area contributed by atoms with Crippen molar-refractivity contribution in [1.29, 1.82) is 0 Å². The summed E-state index contributed by atoms with van der Waals surface area (Å²) in [6.07, 6.45) is 17.2. The van der Waals surface area contributed by atoms with Crippen molar-refractivity contribution in [3.05, 3.63) is 60.4 Å². The Labute approximate surface area is 409 Å². The molecular weight excluding hydrogens is 871 g/mol. The van der Waals surface area contributed by atoms with E-state index >= 15 is 0 Å². The van der Waals surface area contributed by atoms with Crippen molar-refractivity contribution in [3.63, 3.8) is 0 Å². The van der Waals surface area contributed by atoms with Crippen LogP contribution >= 0.6 is 0 Å². The molecule has 0 radical (unpaired) electrons. The normalized spacial score (nSPS) is 29.6. The molecule has 68 heavy (non-hydrogen) atoms. The van der Waals surface area contributed by atoms with Crippen LogP contribution in [-0.2, 0) is 47.6 Å². The van der Waals surface area contributed by atoms with Crippen LogP contribution in [0.5, 0.6) is 0 Å². The Hall–Kier alpha value is -3.70. The third-order valence-electron chi connectivity index (χ3n) is 13.5. The van der Waals surface area contributed by atoms with Gasteiger partial charge in [0.1, 0.15) is 30.4 Å². The fraction of sp³-hybridized carbons (Fsp3) is 0.736. The number of methoxy groups -OCH3 is 3. The van der Waals surface area contributed by atoms with Crippen molar-refractivity contribution in [2.45, 2.75) is 162 Å². The first-order valence-electron chi connectivity index (χ1n) is 24.5. The van der Waals surface area contributed by atoms with Crippen molar-refractivity contribution in [1.82, 2.24) is 15.1 Å². The molecule has 1 aliphatic rings. The molecule has 0 fully saturated rings. The van der Waals surface area contributed by atoms with Gasteiger partial charge in [0.25, 0.3) is 0 Å². The van der Waals surface area contributed by atoms with E-state index in [1.165, 1.54) is 18.1 Å². The summed E-state index contributed by atoms with van der Waals surface area (Å²) in [6, 6.07) is -1.16. The van der Waals surface area contributed by atoms with Crippen LogP contribution in [0.15, 0.2) is 60.4 Å². The Morgan fingerprint density at radius 2 is 1.65 bits per heavy atom. The number of allylic oxidation sites excluding steroid dienone is 3. The number of carbonyl (C=O) groups excluding carboxylic acids is 4. The van der Waals surface area contributed by atoms with E-state index in [9.17, 15) is 29.4 Å². The lowest BCUT2D eigenvalue weighted by atomic mass is 9.84. The minimum absolute atomic E-state index is 0.123. The molecule has 15 heteroatoms. The van der Waals surface area contributed by atoms with Crippen LogP contribution in [0.2, 0.25) is 0 Å². The largest absolute Gasteiger partial charge is 0.461 e. The number of aliphatic hydroxyl groups excluding tert-OH is 2. The minimum Gasteiger partial charge on any atom is -0.461 e. The standard InChI is InChI=1S/C53H91N3O12/c1-35-24-25-36(2)45(65-15)28-26-38(4)51(60)41(7)48(68-53(62)44(33-63-13)55(10)11)21-17-16-18-23-49(58)66-47(22-19-20-43(32-35)64-14)40(6)50(59)39(5)27-29-46(67-52(61)42(8)54-9)37(3)30-31-56(12)34-57/h16-20,23,25,30-31,34-35,37-48,50-51,54,59-60H,21-22,24,26-29,32-33H2,1-15H3/b17-16+,20-19+,23-18+,31-30+,36-25+/t35-,37+,38-,39+,40?,41-,42+,43+,44+,45?,46-,47+,48?,50+,51-/m1/s1. The lowest BCUT2D eigenvalue weighted by molar-refractivity contribution is -0.162. The molecule has 0 aliphatic carbocycles. The highest BCUT2D eigenvalue weighted by Crippen LogP contribution is 2.29. The molecule has 0 aromatic rings. The van der Waals surface area contributed by atoms with Crippen molar-refractivity contribution in [3.8, 4) is 0 Å². The number of carbonyl (C=O) groups is 4. The van der Waals surface area contributed by atoms with Gasteiger partial charge in [-0.25, -0.2) is 4.79 Å². The highest BCUT2D eigenvalue weighted by molar-refractivity contribution is 5.82. The molecule has 0 saturated carbocycles. The van der Waals surface area contributed by atoms with Gasteiger partial charge in [-0.2, -0.15) is 0 Å². The van der Waals surface area contributed by atoms with Crippen LogP contribution in [-0.4, -0.2) is 155 Å². The molecule has 0 aromatic carbocycles. The van der Waals surface area contributed by atoms with E-state index in [1.54, 1.807) is 78.7 Å². The van der Waals surface area contributed by atoms with E-state index in [2.05, 4.69) is 25.2 Å². The van der Waals surface area contributed by atoms with Gasteiger partial charge in [-0.1, -0.05) is 84.1 Å².